The summed E-state index contributed by atoms with van der Waals surface area (Å²) >= 11 is 0. The van der Waals surface area contributed by atoms with Crippen LogP contribution in [0.15, 0.2) is 18.2 Å². The maximum atomic E-state index is 11.0. The Morgan fingerprint density at radius 3 is 2.75 bits per heavy atom. The highest BCUT2D eigenvalue weighted by molar-refractivity contribution is 5.48. The second-order valence-corrected chi connectivity index (χ2v) is 5.82. The molecule has 0 saturated heterocycles. The van der Waals surface area contributed by atoms with Crippen molar-refractivity contribution in [2.75, 3.05) is 6.61 Å². The molecule has 0 atom stereocenters. The molecule has 0 spiro atoms. The summed E-state index contributed by atoms with van der Waals surface area (Å²) in [4.78, 5) is 10.5. The Hall–Kier alpha value is -1.66. The van der Waals surface area contributed by atoms with Gasteiger partial charge in [-0.3, -0.25) is 10.1 Å². The molecule has 0 aromatic heterocycles. The number of rotatable bonds is 7. The van der Waals surface area contributed by atoms with Crippen molar-refractivity contribution in [1.82, 2.24) is 5.32 Å². The molecular weight excluding hydrogens is 260 g/mol. The number of nitro groups is 1. The summed E-state index contributed by atoms with van der Waals surface area (Å²) in [6, 6.07) is 5.42. The standard InChI is InChI=1S/C14H20N2O4/c1-14(2,17)9-20-13-7-10(8-15-11-4-5-11)3-6-12(13)16(18)19/h3,6-7,11,15,17H,4-5,8-9H2,1-2H3. The van der Waals surface area contributed by atoms with Crippen LogP contribution in [-0.4, -0.2) is 28.3 Å². The number of nitro benzene ring substituents is 1. The van der Waals surface area contributed by atoms with Crippen molar-refractivity contribution in [1.29, 1.82) is 0 Å². The van der Waals surface area contributed by atoms with Gasteiger partial charge in [-0.15, -0.1) is 0 Å². The van der Waals surface area contributed by atoms with Gasteiger partial charge in [0.15, 0.2) is 5.75 Å². The molecular formula is C14H20N2O4. The molecule has 6 nitrogen and oxygen atoms in total. The topological polar surface area (TPSA) is 84.6 Å². The van der Waals surface area contributed by atoms with E-state index in [4.69, 9.17) is 4.74 Å². The zero-order valence-electron chi connectivity index (χ0n) is 11.8. The first-order valence-corrected chi connectivity index (χ1v) is 6.71. The van der Waals surface area contributed by atoms with Crippen molar-refractivity contribution < 1.29 is 14.8 Å². The lowest BCUT2D eigenvalue weighted by Gasteiger charge is -2.18. The van der Waals surface area contributed by atoms with Crippen molar-refractivity contribution in [2.45, 2.75) is 44.9 Å². The van der Waals surface area contributed by atoms with E-state index in [2.05, 4.69) is 5.32 Å². The number of benzene rings is 1. The Balaban J connectivity index is 2.10. The van der Waals surface area contributed by atoms with Crippen molar-refractivity contribution in [3.05, 3.63) is 33.9 Å². The van der Waals surface area contributed by atoms with Gasteiger partial charge in [0.1, 0.15) is 6.61 Å². The second-order valence-electron chi connectivity index (χ2n) is 5.82. The van der Waals surface area contributed by atoms with E-state index in [1.807, 2.05) is 0 Å². The molecule has 0 aliphatic heterocycles. The lowest BCUT2D eigenvalue weighted by atomic mass is 10.1. The van der Waals surface area contributed by atoms with E-state index in [0.717, 1.165) is 5.56 Å². The number of ether oxygens (including phenoxy) is 1. The second kappa shape index (κ2) is 5.76. The molecule has 1 aliphatic carbocycles. The SMILES string of the molecule is CC(C)(O)COc1cc(CNC2CC2)ccc1[N+](=O)[O-]. The number of hydrogen-bond acceptors (Lipinski definition) is 5. The first kappa shape index (κ1) is 14.7. The van der Waals surface area contributed by atoms with Crippen molar-refractivity contribution in [2.24, 2.45) is 0 Å². The van der Waals surface area contributed by atoms with Crippen LogP contribution in [0.1, 0.15) is 32.3 Å². The summed E-state index contributed by atoms with van der Waals surface area (Å²) in [5, 5.41) is 24.0. The number of nitrogens with one attached hydrogen (secondary N) is 1. The highest BCUT2D eigenvalue weighted by Crippen LogP contribution is 2.29. The van der Waals surface area contributed by atoms with Gasteiger partial charge in [-0.25, -0.2) is 0 Å². The van der Waals surface area contributed by atoms with Crippen LogP contribution >= 0.6 is 0 Å². The van der Waals surface area contributed by atoms with Gasteiger partial charge in [0.25, 0.3) is 0 Å². The average molecular weight is 280 g/mol. The molecule has 1 aromatic rings. The van der Waals surface area contributed by atoms with E-state index in [1.54, 1.807) is 26.0 Å². The van der Waals surface area contributed by atoms with Crippen LogP contribution in [-0.2, 0) is 6.54 Å². The van der Waals surface area contributed by atoms with Gasteiger partial charge in [-0.1, -0.05) is 6.07 Å². The molecule has 20 heavy (non-hydrogen) atoms. The summed E-state index contributed by atoms with van der Waals surface area (Å²) in [6.07, 6.45) is 2.38. The normalized spacial score (nSPS) is 15.2. The molecule has 6 heteroatoms. The van der Waals surface area contributed by atoms with Crippen molar-refractivity contribution in [3.8, 4) is 5.75 Å². The van der Waals surface area contributed by atoms with E-state index in [9.17, 15) is 15.2 Å². The summed E-state index contributed by atoms with van der Waals surface area (Å²) in [5.41, 5.74) is -0.173. The van der Waals surface area contributed by atoms with E-state index in [-0.39, 0.29) is 18.0 Å². The third kappa shape index (κ3) is 4.47. The molecule has 0 unspecified atom stereocenters. The maximum absolute atomic E-state index is 11.0. The largest absolute Gasteiger partial charge is 0.484 e. The van der Waals surface area contributed by atoms with E-state index >= 15 is 0 Å². The first-order chi connectivity index (χ1) is 9.35. The Morgan fingerprint density at radius 1 is 1.50 bits per heavy atom. The minimum absolute atomic E-state index is 0.00729. The third-order valence-electron chi connectivity index (χ3n) is 2.97. The minimum atomic E-state index is -1.03. The van der Waals surface area contributed by atoms with Crippen LogP contribution in [0.3, 0.4) is 0 Å². The summed E-state index contributed by atoms with van der Waals surface area (Å²) in [6.45, 7) is 3.86. The summed E-state index contributed by atoms with van der Waals surface area (Å²) in [5.74, 6) is 0.201. The fourth-order valence-corrected chi connectivity index (χ4v) is 1.74. The predicted octanol–water partition coefficient (Wildman–Crippen LogP) is 2.00. The number of hydrogen-bond donors (Lipinski definition) is 2. The Bertz CT molecular complexity index is 492. The van der Waals surface area contributed by atoms with Crippen molar-refractivity contribution >= 4 is 5.69 Å². The maximum Gasteiger partial charge on any atom is 0.310 e. The van der Waals surface area contributed by atoms with Gasteiger partial charge in [0, 0.05) is 18.7 Å². The Labute approximate surface area is 117 Å². The molecule has 1 fully saturated rings. The lowest BCUT2D eigenvalue weighted by molar-refractivity contribution is -0.386. The molecule has 0 amide bonds. The highest BCUT2D eigenvalue weighted by atomic mass is 16.6. The van der Waals surface area contributed by atoms with E-state index in [0.29, 0.717) is 12.6 Å². The van der Waals surface area contributed by atoms with Crippen LogP contribution in [0.5, 0.6) is 5.75 Å². The summed E-state index contributed by atoms with van der Waals surface area (Å²) in [7, 11) is 0. The van der Waals surface area contributed by atoms with Crippen LogP contribution in [0.4, 0.5) is 5.69 Å². The zero-order chi connectivity index (χ0) is 14.8. The average Bonchev–Trinajstić information content (AvgIpc) is 3.16. The molecule has 2 N–H and O–H groups in total. The van der Waals surface area contributed by atoms with Gasteiger partial charge in [-0.05, 0) is 38.3 Å². The van der Waals surface area contributed by atoms with Crippen molar-refractivity contribution in [3.63, 3.8) is 0 Å². The van der Waals surface area contributed by atoms with Crippen LogP contribution in [0, 0.1) is 10.1 Å². The van der Waals surface area contributed by atoms with Crippen LogP contribution < -0.4 is 10.1 Å². The predicted molar refractivity (Wildman–Crippen MR) is 74.8 cm³/mol. The number of nitrogens with zero attached hydrogens (tertiary/aromatic N) is 1. The van der Waals surface area contributed by atoms with Crippen LogP contribution in [0.25, 0.3) is 0 Å². The van der Waals surface area contributed by atoms with E-state index < -0.39 is 10.5 Å². The zero-order valence-corrected chi connectivity index (χ0v) is 11.8. The Morgan fingerprint density at radius 2 is 2.20 bits per heavy atom. The van der Waals surface area contributed by atoms with Gasteiger partial charge in [0.05, 0.1) is 10.5 Å². The van der Waals surface area contributed by atoms with E-state index in [1.165, 1.54) is 18.9 Å². The third-order valence-corrected chi connectivity index (χ3v) is 2.97. The molecule has 1 aliphatic rings. The Kier molecular flexibility index (Phi) is 4.25. The van der Waals surface area contributed by atoms with Gasteiger partial charge >= 0.3 is 5.69 Å². The quantitative estimate of drug-likeness (QED) is 0.589. The van der Waals surface area contributed by atoms with Gasteiger partial charge in [0.2, 0.25) is 0 Å². The molecule has 1 saturated carbocycles. The molecule has 0 bridgehead atoms. The summed E-state index contributed by atoms with van der Waals surface area (Å²) < 4.78 is 5.41. The fraction of sp³-hybridized carbons (Fsp3) is 0.571. The number of aliphatic hydroxyl groups is 1. The minimum Gasteiger partial charge on any atom is -0.484 e. The fourth-order valence-electron chi connectivity index (χ4n) is 1.74. The highest BCUT2D eigenvalue weighted by Gasteiger charge is 2.22. The molecule has 0 heterocycles. The van der Waals surface area contributed by atoms with Gasteiger partial charge < -0.3 is 15.2 Å². The smallest absolute Gasteiger partial charge is 0.310 e. The molecule has 110 valence electrons. The van der Waals surface area contributed by atoms with Gasteiger partial charge in [-0.2, -0.15) is 0 Å². The van der Waals surface area contributed by atoms with Crippen LogP contribution in [0.2, 0.25) is 0 Å². The first-order valence-electron chi connectivity index (χ1n) is 6.71. The monoisotopic (exact) mass is 280 g/mol. The lowest BCUT2D eigenvalue weighted by Crippen LogP contribution is -2.28. The molecule has 1 aromatic carbocycles. The molecule has 2 rings (SSSR count). The molecule has 0 radical (unpaired) electrons.